The predicted octanol–water partition coefficient (Wildman–Crippen LogP) is 16.7. The Morgan fingerprint density at radius 1 is 0.650 bits per heavy atom. The van der Waals surface area contributed by atoms with Crippen molar-refractivity contribution in [2.24, 2.45) is 0 Å². The summed E-state index contributed by atoms with van der Waals surface area (Å²) in [6.07, 6.45) is 24.9. The first-order chi connectivity index (χ1) is 29.5. The number of thiophene rings is 1. The van der Waals surface area contributed by atoms with Gasteiger partial charge in [0.15, 0.2) is 0 Å². The molecule has 0 atom stereocenters. The molecule has 0 saturated carbocycles. The van der Waals surface area contributed by atoms with E-state index in [1.54, 1.807) is 5.57 Å². The second-order valence-electron chi connectivity index (χ2n) is 16.6. The van der Waals surface area contributed by atoms with Crippen LogP contribution in [0.1, 0.15) is 72.7 Å². The molecule has 0 spiro atoms. The lowest BCUT2D eigenvalue weighted by Gasteiger charge is -2.29. The second kappa shape index (κ2) is 15.9. The van der Waals surface area contributed by atoms with Gasteiger partial charge in [0.05, 0.1) is 0 Å². The zero-order valence-electron chi connectivity index (χ0n) is 34.7. The molecule has 1 heterocycles. The molecule has 7 aromatic rings. The Morgan fingerprint density at radius 3 is 2.07 bits per heavy atom. The van der Waals surface area contributed by atoms with Crippen molar-refractivity contribution in [3.05, 3.63) is 220 Å². The van der Waals surface area contributed by atoms with Gasteiger partial charge in [-0.1, -0.05) is 165 Å². The molecule has 60 heavy (non-hydrogen) atoms. The maximum atomic E-state index is 2.44. The van der Waals surface area contributed by atoms with Crippen LogP contribution in [0.5, 0.6) is 0 Å². The van der Waals surface area contributed by atoms with E-state index in [9.17, 15) is 0 Å². The zero-order valence-corrected chi connectivity index (χ0v) is 35.5. The molecular weight excluding hydrogens is 743 g/mol. The average molecular weight is 792 g/mol. The number of benzene rings is 6. The molecule has 10 rings (SSSR count). The fraction of sp³-hybridized carbons (Fsp3) is 0.138. The summed E-state index contributed by atoms with van der Waals surface area (Å²) in [5, 5.41) is 1.37. The molecule has 3 aliphatic carbocycles. The number of hydrogen-bond donors (Lipinski definition) is 0. The maximum Gasteiger partial charge on any atom is 0.0465 e. The van der Waals surface area contributed by atoms with Gasteiger partial charge in [-0.25, -0.2) is 0 Å². The molecule has 0 amide bonds. The van der Waals surface area contributed by atoms with Crippen molar-refractivity contribution >= 4 is 61.8 Å². The Kier molecular flexibility index (Phi) is 10.0. The fourth-order valence-electron chi connectivity index (χ4n) is 9.54. The van der Waals surface area contributed by atoms with Crippen LogP contribution in [-0.2, 0) is 11.8 Å². The molecule has 0 radical (unpaired) electrons. The Morgan fingerprint density at radius 2 is 1.32 bits per heavy atom. The minimum Gasteiger partial charge on any atom is -0.310 e. The van der Waals surface area contributed by atoms with E-state index in [0.717, 1.165) is 37.1 Å². The highest BCUT2D eigenvalue weighted by Crippen LogP contribution is 2.52. The molecule has 1 aromatic heterocycles. The van der Waals surface area contributed by atoms with E-state index in [1.807, 2.05) is 11.3 Å². The van der Waals surface area contributed by atoms with Crippen LogP contribution in [0.4, 0.5) is 17.1 Å². The molecule has 292 valence electrons. The summed E-state index contributed by atoms with van der Waals surface area (Å²) in [7, 11) is 0. The van der Waals surface area contributed by atoms with Gasteiger partial charge in [-0.15, -0.1) is 11.3 Å². The molecule has 1 nitrogen and oxygen atoms in total. The van der Waals surface area contributed by atoms with Gasteiger partial charge in [0.25, 0.3) is 0 Å². The van der Waals surface area contributed by atoms with Crippen LogP contribution >= 0.6 is 11.3 Å². The van der Waals surface area contributed by atoms with Crippen LogP contribution < -0.4 is 4.90 Å². The lowest BCUT2D eigenvalue weighted by molar-refractivity contribution is 0.607. The van der Waals surface area contributed by atoms with Crippen LogP contribution in [0.25, 0.3) is 55.6 Å². The van der Waals surface area contributed by atoms with E-state index < -0.39 is 0 Å². The first kappa shape index (κ1) is 37.8. The molecule has 6 aromatic carbocycles. The highest BCUT2D eigenvalue weighted by atomic mass is 32.1. The third-order valence-electron chi connectivity index (χ3n) is 12.6. The maximum absolute atomic E-state index is 2.44. The standard InChI is InChI=1S/C58H49NS/c1-4-16-40(21-15-22-45-37-57-53(51-24-12-14-26-56(51)60-57)39-52(45)44-19-9-6-10-20-44)42-27-31-46(32-28-42)59(47-33-29-43(30-34-47)41-17-7-5-8-18-41)48-35-36-50-49-23-11-13-25-54(49)58(2,3)55(50)38-48/h4-12,15-24,27-39H,13-14,25-26H2,1-3H3/b16-4-,22-15+,40-21+. The van der Waals surface area contributed by atoms with Gasteiger partial charge >= 0.3 is 0 Å². The number of nitrogens with zero attached hydrogens (tertiary/aromatic N) is 1. The van der Waals surface area contributed by atoms with Crippen LogP contribution in [0, 0.1) is 0 Å². The Hall–Kier alpha value is -6.48. The van der Waals surface area contributed by atoms with Crippen molar-refractivity contribution in [3.8, 4) is 22.3 Å². The highest BCUT2D eigenvalue weighted by Gasteiger charge is 2.37. The van der Waals surface area contributed by atoms with Crippen LogP contribution in [-0.4, -0.2) is 0 Å². The summed E-state index contributed by atoms with van der Waals surface area (Å²) < 4.78 is 1.36. The number of aryl methyl sites for hydroxylation is 1. The van der Waals surface area contributed by atoms with Gasteiger partial charge in [-0.05, 0) is 142 Å². The molecular formula is C58H49NS. The average Bonchev–Trinajstić information content (AvgIpc) is 3.77. The van der Waals surface area contributed by atoms with Gasteiger partial charge in [0.1, 0.15) is 0 Å². The van der Waals surface area contributed by atoms with Gasteiger partial charge in [0, 0.05) is 37.4 Å². The van der Waals surface area contributed by atoms with Crippen molar-refractivity contribution in [1.29, 1.82) is 0 Å². The molecule has 0 bridgehead atoms. The van der Waals surface area contributed by atoms with E-state index in [-0.39, 0.29) is 5.41 Å². The molecule has 0 aliphatic heterocycles. The van der Waals surface area contributed by atoms with Crippen molar-refractivity contribution < 1.29 is 0 Å². The number of hydrogen-bond acceptors (Lipinski definition) is 2. The van der Waals surface area contributed by atoms with Gasteiger partial charge in [0.2, 0.25) is 0 Å². The quantitative estimate of drug-likeness (QED) is 0.132. The second-order valence-corrected chi connectivity index (χ2v) is 17.8. The lowest BCUT2D eigenvalue weighted by Crippen LogP contribution is -2.18. The minimum absolute atomic E-state index is 0.00796. The monoisotopic (exact) mass is 791 g/mol. The van der Waals surface area contributed by atoms with Crippen molar-refractivity contribution in [2.45, 2.75) is 51.9 Å². The zero-order chi connectivity index (χ0) is 40.6. The van der Waals surface area contributed by atoms with E-state index >= 15 is 0 Å². The van der Waals surface area contributed by atoms with E-state index in [1.165, 1.54) is 81.9 Å². The molecule has 2 heteroatoms. The number of allylic oxidation sites excluding steroid dienone is 10. The third kappa shape index (κ3) is 6.95. The smallest absolute Gasteiger partial charge is 0.0465 e. The largest absolute Gasteiger partial charge is 0.310 e. The molecule has 0 N–H and O–H groups in total. The first-order valence-corrected chi connectivity index (χ1v) is 22.2. The summed E-state index contributed by atoms with van der Waals surface area (Å²) in [5.41, 5.74) is 19.1. The highest BCUT2D eigenvalue weighted by molar-refractivity contribution is 7.19. The normalized spacial score (nSPS) is 15.6. The minimum atomic E-state index is -0.00796. The Labute approximate surface area is 359 Å². The molecule has 0 saturated heterocycles. The van der Waals surface area contributed by atoms with Gasteiger partial charge in [-0.3, -0.25) is 0 Å². The van der Waals surface area contributed by atoms with Crippen LogP contribution in [0.3, 0.4) is 0 Å². The van der Waals surface area contributed by atoms with E-state index in [2.05, 4.69) is 220 Å². The van der Waals surface area contributed by atoms with Gasteiger partial charge in [-0.2, -0.15) is 0 Å². The summed E-state index contributed by atoms with van der Waals surface area (Å²) in [6.45, 7) is 6.91. The van der Waals surface area contributed by atoms with E-state index in [0.29, 0.717) is 0 Å². The van der Waals surface area contributed by atoms with E-state index in [4.69, 9.17) is 0 Å². The summed E-state index contributed by atoms with van der Waals surface area (Å²) >= 11 is 1.95. The molecule has 0 unspecified atom stereocenters. The summed E-state index contributed by atoms with van der Waals surface area (Å²) in [4.78, 5) is 3.92. The number of anilines is 3. The molecule has 0 fully saturated rings. The first-order valence-electron chi connectivity index (χ1n) is 21.4. The topological polar surface area (TPSA) is 3.24 Å². The van der Waals surface area contributed by atoms with Crippen LogP contribution in [0.2, 0.25) is 0 Å². The number of rotatable bonds is 9. The predicted molar refractivity (Wildman–Crippen MR) is 261 cm³/mol. The molecule has 3 aliphatic rings. The van der Waals surface area contributed by atoms with Crippen molar-refractivity contribution in [2.75, 3.05) is 4.90 Å². The summed E-state index contributed by atoms with van der Waals surface area (Å²) in [6, 6.07) is 51.5. The third-order valence-corrected chi connectivity index (χ3v) is 13.9. The number of fused-ring (bicyclic) bond motifs is 5. The van der Waals surface area contributed by atoms with Crippen molar-refractivity contribution in [3.63, 3.8) is 0 Å². The summed E-state index contributed by atoms with van der Waals surface area (Å²) in [5.74, 6) is 0. The fourth-order valence-corrected chi connectivity index (χ4v) is 10.8. The lowest BCUT2D eigenvalue weighted by atomic mass is 9.78. The van der Waals surface area contributed by atoms with Gasteiger partial charge < -0.3 is 4.90 Å². The van der Waals surface area contributed by atoms with Crippen LogP contribution in [0.15, 0.2) is 188 Å². The van der Waals surface area contributed by atoms with Crippen molar-refractivity contribution in [1.82, 2.24) is 0 Å². The Bertz CT molecular complexity index is 2910. The SMILES string of the molecule is C\C=C/C(=C\C=C\c1cc2sc3c(c2cc1-c1ccccc1)C=CCC3)c1ccc(N(c2ccc(-c3ccccc3)cc2)c2ccc3c(c2)C(C)(C)C2=C3C=CCC2)cc1. The Balaban J connectivity index is 1.01.